The van der Waals surface area contributed by atoms with Crippen LogP contribution in [-0.2, 0) is 14.3 Å². The second kappa shape index (κ2) is 23.6. The molecule has 3 nitrogen and oxygen atoms in total. The highest BCUT2D eigenvalue weighted by molar-refractivity contribution is 5.99. The third-order valence-corrected chi connectivity index (χ3v) is 5.08. The highest BCUT2D eigenvalue weighted by Gasteiger charge is 1.93. The largest absolute Gasteiger partial charge is 0.462 e. The van der Waals surface area contributed by atoms with E-state index in [2.05, 4.69) is 19.1 Å². The number of rotatable bonds is 21. The fourth-order valence-electron chi connectivity index (χ4n) is 3.27. The van der Waals surface area contributed by atoms with Gasteiger partial charge in [-0.05, 0) is 56.8 Å². The molecule has 0 fully saturated rings. The third kappa shape index (κ3) is 24.4. The van der Waals surface area contributed by atoms with E-state index in [1.165, 1.54) is 103 Å². The summed E-state index contributed by atoms with van der Waals surface area (Å²) in [6, 6.07) is 0. The smallest absolute Gasteiger partial charge is 0.302 e. The minimum Gasteiger partial charge on any atom is -0.462 e. The Hall–Kier alpha value is -1.64. The molecule has 0 saturated carbocycles. The standard InChI is InChI=1S/C27H46O3/c1-3-4-5-6-7-8-9-10-11-12-13-14-15-16-17-18-19-20-21-23-27(29)24-22-25-30-26(2)28/h10-11,21-24H,3-9,12-20,25H2,1-2H3/b11-10+,23-21+,24-22+. The fraction of sp³-hybridized carbons (Fsp3) is 0.704. The minimum absolute atomic E-state index is 0.0526. The number of hydrogen-bond donors (Lipinski definition) is 0. The number of carbonyl (C=O) groups is 2. The van der Waals surface area contributed by atoms with Gasteiger partial charge in [-0.15, -0.1) is 0 Å². The molecule has 0 heterocycles. The van der Waals surface area contributed by atoms with Crippen LogP contribution in [0, 0.1) is 0 Å². The Morgan fingerprint density at radius 3 is 1.53 bits per heavy atom. The molecular formula is C27H46O3. The number of hydrogen-bond acceptors (Lipinski definition) is 3. The Labute approximate surface area is 186 Å². The summed E-state index contributed by atoms with van der Waals surface area (Å²) in [7, 11) is 0. The van der Waals surface area contributed by atoms with Crippen molar-refractivity contribution in [2.24, 2.45) is 0 Å². The molecule has 0 aromatic rings. The van der Waals surface area contributed by atoms with Crippen LogP contribution < -0.4 is 0 Å². The van der Waals surface area contributed by atoms with Gasteiger partial charge in [0, 0.05) is 6.92 Å². The van der Waals surface area contributed by atoms with Crippen molar-refractivity contribution < 1.29 is 14.3 Å². The first kappa shape index (κ1) is 28.4. The van der Waals surface area contributed by atoms with Crippen LogP contribution in [0.5, 0.6) is 0 Å². The maximum absolute atomic E-state index is 11.6. The molecule has 0 bridgehead atoms. The van der Waals surface area contributed by atoms with Crippen LogP contribution in [0.15, 0.2) is 36.5 Å². The Balaban J connectivity index is 3.31. The lowest BCUT2D eigenvalue weighted by atomic mass is 10.1. The first-order valence-corrected chi connectivity index (χ1v) is 12.3. The molecule has 0 saturated heterocycles. The van der Waals surface area contributed by atoms with Crippen molar-refractivity contribution in [2.45, 2.75) is 117 Å². The van der Waals surface area contributed by atoms with Gasteiger partial charge < -0.3 is 4.74 Å². The van der Waals surface area contributed by atoms with E-state index in [-0.39, 0.29) is 18.4 Å². The molecule has 0 aliphatic heterocycles. The number of esters is 1. The van der Waals surface area contributed by atoms with Crippen LogP contribution in [-0.4, -0.2) is 18.4 Å². The zero-order chi connectivity index (χ0) is 22.1. The molecule has 0 aliphatic carbocycles. The van der Waals surface area contributed by atoms with E-state index < -0.39 is 0 Å². The number of ether oxygens (including phenoxy) is 1. The van der Waals surface area contributed by atoms with Gasteiger partial charge in [-0.25, -0.2) is 0 Å². The molecule has 0 spiro atoms. The minimum atomic E-state index is -0.335. The molecule has 0 N–H and O–H groups in total. The van der Waals surface area contributed by atoms with E-state index in [1.807, 2.05) is 6.08 Å². The maximum Gasteiger partial charge on any atom is 0.302 e. The molecule has 0 rings (SSSR count). The summed E-state index contributed by atoms with van der Waals surface area (Å²) in [6.45, 7) is 3.78. The summed E-state index contributed by atoms with van der Waals surface area (Å²) in [4.78, 5) is 22.1. The van der Waals surface area contributed by atoms with E-state index in [9.17, 15) is 9.59 Å². The monoisotopic (exact) mass is 418 g/mol. The predicted octanol–water partition coefficient (Wildman–Crippen LogP) is 8.05. The van der Waals surface area contributed by atoms with Crippen molar-refractivity contribution in [3.63, 3.8) is 0 Å². The van der Waals surface area contributed by atoms with E-state index in [0.717, 1.165) is 12.8 Å². The molecule has 0 aromatic carbocycles. The Bertz CT molecular complexity index is 488. The summed E-state index contributed by atoms with van der Waals surface area (Å²) in [5, 5.41) is 0. The summed E-state index contributed by atoms with van der Waals surface area (Å²) in [5.74, 6) is -0.388. The predicted molar refractivity (Wildman–Crippen MR) is 129 cm³/mol. The molecule has 0 unspecified atom stereocenters. The van der Waals surface area contributed by atoms with Crippen molar-refractivity contribution in [3.8, 4) is 0 Å². The van der Waals surface area contributed by atoms with Gasteiger partial charge in [-0.1, -0.05) is 89.4 Å². The zero-order valence-corrected chi connectivity index (χ0v) is 19.7. The summed E-state index contributed by atoms with van der Waals surface area (Å²) in [6.07, 6.45) is 32.1. The average Bonchev–Trinajstić information content (AvgIpc) is 2.72. The fourth-order valence-corrected chi connectivity index (χ4v) is 3.27. The SMILES string of the molecule is CCCCCCCC/C=C/CCCCCCCCC/C=C/C(=O)/C=C/COC(C)=O. The number of ketones is 1. The molecule has 0 aliphatic rings. The van der Waals surface area contributed by atoms with Gasteiger partial charge in [0.25, 0.3) is 0 Å². The first-order chi connectivity index (χ1) is 14.7. The van der Waals surface area contributed by atoms with Gasteiger partial charge >= 0.3 is 5.97 Å². The van der Waals surface area contributed by atoms with Crippen LogP contribution in [0.3, 0.4) is 0 Å². The van der Waals surface area contributed by atoms with Crippen LogP contribution in [0.1, 0.15) is 117 Å². The quantitative estimate of drug-likeness (QED) is 0.0819. The van der Waals surface area contributed by atoms with Crippen molar-refractivity contribution in [3.05, 3.63) is 36.5 Å². The first-order valence-electron chi connectivity index (χ1n) is 12.3. The zero-order valence-electron chi connectivity index (χ0n) is 19.7. The van der Waals surface area contributed by atoms with Crippen LogP contribution in [0.25, 0.3) is 0 Å². The normalized spacial score (nSPS) is 11.8. The molecule has 0 aromatic heterocycles. The van der Waals surface area contributed by atoms with E-state index in [4.69, 9.17) is 4.74 Å². The highest BCUT2D eigenvalue weighted by atomic mass is 16.5. The van der Waals surface area contributed by atoms with E-state index in [0.29, 0.717) is 0 Å². The van der Waals surface area contributed by atoms with E-state index >= 15 is 0 Å². The molecule has 0 radical (unpaired) electrons. The van der Waals surface area contributed by atoms with Crippen molar-refractivity contribution in [1.82, 2.24) is 0 Å². The average molecular weight is 419 g/mol. The van der Waals surface area contributed by atoms with Gasteiger partial charge in [0.15, 0.2) is 5.78 Å². The Morgan fingerprint density at radius 2 is 1.03 bits per heavy atom. The number of unbranched alkanes of at least 4 members (excludes halogenated alkanes) is 14. The molecular weight excluding hydrogens is 372 g/mol. The second-order valence-corrected chi connectivity index (χ2v) is 8.09. The van der Waals surface area contributed by atoms with Gasteiger partial charge in [-0.3, -0.25) is 9.59 Å². The second-order valence-electron chi connectivity index (χ2n) is 8.09. The summed E-state index contributed by atoms with van der Waals surface area (Å²) in [5.41, 5.74) is 0. The Kier molecular flexibility index (Phi) is 22.3. The van der Waals surface area contributed by atoms with E-state index in [1.54, 1.807) is 12.2 Å². The van der Waals surface area contributed by atoms with Crippen LogP contribution >= 0.6 is 0 Å². The number of carbonyl (C=O) groups excluding carboxylic acids is 2. The molecule has 3 heteroatoms. The topological polar surface area (TPSA) is 43.4 Å². The molecule has 172 valence electrons. The van der Waals surface area contributed by atoms with Crippen LogP contribution in [0.2, 0.25) is 0 Å². The van der Waals surface area contributed by atoms with Gasteiger partial charge in [0.1, 0.15) is 6.61 Å². The lowest BCUT2D eigenvalue weighted by Crippen LogP contribution is -1.98. The Morgan fingerprint density at radius 1 is 0.600 bits per heavy atom. The molecule has 30 heavy (non-hydrogen) atoms. The van der Waals surface area contributed by atoms with Crippen LogP contribution in [0.4, 0.5) is 0 Å². The highest BCUT2D eigenvalue weighted by Crippen LogP contribution is 2.11. The lowest BCUT2D eigenvalue weighted by molar-refractivity contribution is -0.139. The molecule has 0 amide bonds. The summed E-state index contributed by atoms with van der Waals surface area (Å²) < 4.78 is 4.73. The summed E-state index contributed by atoms with van der Waals surface area (Å²) >= 11 is 0. The molecule has 0 atom stereocenters. The lowest BCUT2D eigenvalue weighted by Gasteiger charge is -2.00. The van der Waals surface area contributed by atoms with Gasteiger partial charge in [0.05, 0.1) is 0 Å². The van der Waals surface area contributed by atoms with Crippen molar-refractivity contribution in [2.75, 3.05) is 6.61 Å². The third-order valence-electron chi connectivity index (χ3n) is 5.08. The van der Waals surface area contributed by atoms with Crippen molar-refractivity contribution >= 4 is 11.8 Å². The van der Waals surface area contributed by atoms with Gasteiger partial charge in [0.2, 0.25) is 0 Å². The van der Waals surface area contributed by atoms with Gasteiger partial charge in [-0.2, -0.15) is 0 Å². The number of allylic oxidation sites excluding steroid dienone is 5. The maximum atomic E-state index is 11.6. The van der Waals surface area contributed by atoms with Crippen molar-refractivity contribution in [1.29, 1.82) is 0 Å².